The zero-order chi connectivity index (χ0) is 46.7. The standard InChI is InChI=1S/C68H43NO2/c1-2-18-44(19-3-1)45-36-38-46(39-37-45)47-40-42-48(43-41-47)69(59-30-17-29-58-65(59)51-21-5-7-24-53(51)67(58)54-25-8-12-32-61(54)70-62-33-13-9-26-55(62)67)60-31-16-22-50-49-20-4-6-23-52(49)68(66(50)60)56-27-10-14-34-63(56)71-64-35-15-11-28-57(64)68/h1-43H. The first-order valence-electron chi connectivity index (χ1n) is 24.5. The normalized spacial score (nSPS) is 14.1. The van der Waals surface area contributed by atoms with E-state index in [0.717, 1.165) is 67.9 Å². The molecule has 0 saturated heterocycles. The Kier molecular flexibility index (Phi) is 8.49. The summed E-state index contributed by atoms with van der Waals surface area (Å²) in [5.74, 6) is 3.49. The van der Waals surface area contributed by atoms with Crippen molar-refractivity contribution in [3.63, 3.8) is 0 Å². The summed E-state index contributed by atoms with van der Waals surface area (Å²) in [6.45, 7) is 0. The van der Waals surface area contributed by atoms with Crippen LogP contribution in [-0.2, 0) is 10.8 Å². The maximum atomic E-state index is 6.85. The van der Waals surface area contributed by atoms with Crippen molar-refractivity contribution in [2.24, 2.45) is 0 Å². The van der Waals surface area contributed by atoms with Gasteiger partial charge in [0.1, 0.15) is 23.0 Å². The fraction of sp³-hybridized carbons (Fsp3) is 0.0294. The molecule has 2 aliphatic heterocycles. The molecule has 11 aromatic rings. The number of hydrogen-bond donors (Lipinski definition) is 0. The van der Waals surface area contributed by atoms with Crippen LogP contribution in [0.3, 0.4) is 0 Å². The highest BCUT2D eigenvalue weighted by molar-refractivity contribution is 6.01. The summed E-state index contributed by atoms with van der Waals surface area (Å²) >= 11 is 0. The minimum Gasteiger partial charge on any atom is -0.457 e. The molecule has 0 fully saturated rings. The molecule has 0 unspecified atom stereocenters. The van der Waals surface area contributed by atoms with Crippen LogP contribution in [0.25, 0.3) is 44.5 Å². The summed E-state index contributed by atoms with van der Waals surface area (Å²) in [4.78, 5) is 2.56. The second kappa shape index (κ2) is 15.2. The summed E-state index contributed by atoms with van der Waals surface area (Å²) < 4.78 is 13.6. The Morgan fingerprint density at radius 2 is 0.634 bits per heavy atom. The number of para-hydroxylation sites is 4. The molecule has 0 bridgehead atoms. The van der Waals surface area contributed by atoms with E-state index in [1.165, 1.54) is 61.2 Å². The zero-order valence-electron chi connectivity index (χ0n) is 38.6. The number of anilines is 3. The SMILES string of the molecule is c1ccc(-c2ccc(-c3ccc(N(c4cccc5c4-c4ccccc4C54c5ccccc5Oc5ccccc54)c4cccc5c4C4(c6ccccc6Oc6ccccc64)c4ccccc4-5)cc3)cc2)cc1. The third-order valence-corrected chi connectivity index (χ3v) is 15.6. The van der Waals surface area contributed by atoms with Crippen molar-refractivity contribution in [3.05, 3.63) is 305 Å². The van der Waals surface area contributed by atoms with E-state index in [-0.39, 0.29) is 0 Å². The van der Waals surface area contributed by atoms with E-state index in [2.05, 4.69) is 266 Å². The fourth-order valence-corrected chi connectivity index (χ4v) is 12.8. The predicted octanol–water partition coefficient (Wildman–Crippen LogP) is 17.4. The van der Waals surface area contributed by atoms with Gasteiger partial charge in [0.15, 0.2) is 0 Å². The molecule has 4 aliphatic rings. The van der Waals surface area contributed by atoms with Gasteiger partial charge in [-0.2, -0.15) is 0 Å². The van der Waals surface area contributed by atoms with Crippen molar-refractivity contribution >= 4 is 17.1 Å². The van der Waals surface area contributed by atoms with Crippen LogP contribution in [0.2, 0.25) is 0 Å². The van der Waals surface area contributed by atoms with Crippen LogP contribution in [0.15, 0.2) is 261 Å². The van der Waals surface area contributed by atoms with Gasteiger partial charge in [-0.15, -0.1) is 0 Å². The third kappa shape index (κ3) is 5.43. The Balaban J connectivity index is 1.02. The molecule has 0 atom stereocenters. The number of ether oxygens (including phenoxy) is 2. The van der Waals surface area contributed by atoms with E-state index in [1.54, 1.807) is 0 Å². The highest BCUT2D eigenvalue weighted by Crippen LogP contribution is 2.67. The summed E-state index contributed by atoms with van der Waals surface area (Å²) in [7, 11) is 0. The monoisotopic (exact) mass is 905 g/mol. The second-order valence-electron chi connectivity index (χ2n) is 19.0. The highest BCUT2D eigenvalue weighted by Gasteiger charge is 2.55. The molecule has 71 heavy (non-hydrogen) atoms. The lowest BCUT2D eigenvalue weighted by atomic mass is 9.65. The molecule has 15 rings (SSSR count). The predicted molar refractivity (Wildman–Crippen MR) is 287 cm³/mol. The van der Waals surface area contributed by atoms with Crippen molar-refractivity contribution in [1.29, 1.82) is 0 Å². The lowest BCUT2D eigenvalue weighted by molar-refractivity contribution is 0.436. The van der Waals surface area contributed by atoms with Gasteiger partial charge < -0.3 is 14.4 Å². The van der Waals surface area contributed by atoms with Crippen molar-refractivity contribution in [2.45, 2.75) is 10.8 Å². The van der Waals surface area contributed by atoms with E-state index in [4.69, 9.17) is 9.47 Å². The number of rotatable bonds is 5. The minimum atomic E-state index is -0.706. The third-order valence-electron chi connectivity index (χ3n) is 15.6. The first-order valence-corrected chi connectivity index (χ1v) is 24.5. The largest absolute Gasteiger partial charge is 0.457 e. The Labute approximate surface area is 413 Å². The molecule has 332 valence electrons. The van der Waals surface area contributed by atoms with Gasteiger partial charge in [0, 0.05) is 39.1 Å². The smallest absolute Gasteiger partial charge is 0.132 e. The molecule has 0 N–H and O–H groups in total. The maximum Gasteiger partial charge on any atom is 0.132 e. The summed E-state index contributed by atoms with van der Waals surface area (Å²) in [6.07, 6.45) is 0. The first kappa shape index (κ1) is 39.8. The molecule has 0 aromatic heterocycles. The average molecular weight is 906 g/mol. The Morgan fingerprint density at radius 1 is 0.254 bits per heavy atom. The van der Waals surface area contributed by atoms with E-state index in [9.17, 15) is 0 Å². The van der Waals surface area contributed by atoms with Gasteiger partial charge in [-0.1, -0.05) is 212 Å². The van der Waals surface area contributed by atoms with Crippen LogP contribution < -0.4 is 14.4 Å². The molecule has 2 aliphatic carbocycles. The molecule has 2 spiro atoms. The minimum absolute atomic E-state index is 0.635. The van der Waals surface area contributed by atoms with Gasteiger partial charge in [-0.3, -0.25) is 0 Å². The number of nitrogens with zero attached hydrogens (tertiary/aromatic N) is 1. The van der Waals surface area contributed by atoms with Crippen LogP contribution in [0.5, 0.6) is 23.0 Å². The molecule has 3 nitrogen and oxygen atoms in total. The van der Waals surface area contributed by atoms with Crippen molar-refractivity contribution in [1.82, 2.24) is 0 Å². The van der Waals surface area contributed by atoms with Crippen molar-refractivity contribution < 1.29 is 9.47 Å². The van der Waals surface area contributed by atoms with E-state index >= 15 is 0 Å². The lowest BCUT2D eigenvalue weighted by Gasteiger charge is -2.42. The van der Waals surface area contributed by atoms with Gasteiger partial charge in [0.2, 0.25) is 0 Å². The number of fused-ring (bicyclic) bond motifs is 18. The zero-order valence-corrected chi connectivity index (χ0v) is 38.6. The molecule has 2 heterocycles. The average Bonchev–Trinajstić information content (AvgIpc) is 3.91. The Bertz CT molecular complexity index is 3860. The van der Waals surface area contributed by atoms with Gasteiger partial charge in [-0.25, -0.2) is 0 Å². The van der Waals surface area contributed by atoms with Crippen LogP contribution in [0.4, 0.5) is 17.1 Å². The van der Waals surface area contributed by atoms with Crippen LogP contribution in [0, 0.1) is 0 Å². The second-order valence-corrected chi connectivity index (χ2v) is 19.0. The lowest BCUT2D eigenvalue weighted by Crippen LogP contribution is -2.33. The molecular weight excluding hydrogens is 863 g/mol. The quantitative estimate of drug-likeness (QED) is 0.172. The Morgan fingerprint density at radius 3 is 1.20 bits per heavy atom. The number of benzene rings is 11. The molecular formula is C68H43NO2. The van der Waals surface area contributed by atoms with Crippen molar-refractivity contribution in [2.75, 3.05) is 4.90 Å². The summed E-state index contributed by atoms with van der Waals surface area (Å²) in [5.41, 5.74) is 21.0. The van der Waals surface area contributed by atoms with E-state index in [1.807, 2.05) is 0 Å². The topological polar surface area (TPSA) is 21.7 Å². The fourth-order valence-electron chi connectivity index (χ4n) is 12.8. The molecule has 0 saturated carbocycles. The van der Waals surface area contributed by atoms with Crippen LogP contribution >= 0.6 is 0 Å². The first-order chi connectivity index (χ1) is 35.2. The van der Waals surface area contributed by atoms with E-state index < -0.39 is 10.8 Å². The summed E-state index contributed by atoms with van der Waals surface area (Å²) in [5, 5.41) is 0. The number of hydrogen-bond acceptors (Lipinski definition) is 3. The van der Waals surface area contributed by atoms with E-state index in [0.29, 0.717) is 0 Å². The van der Waals surface area contributed by atoms with Crippen LogP contribution in [-0.4, -0.2) is 0 Å². The maximum absolute atomic E-state index is 6.85. The molecule has 0 amide bonds. The van der Waals surface area contributed by atoms with Gasteiger partial charge >= 0.3 is 0 Å². The molecule has 0 radical (unpaired) electrons. The summed E-state index contributed by atoms with van der Waals surface area (Å²) in [6, 6.07) is 95.2. The molecule has 3 heteroatoms. The highest BCUT2D eigenvalue weighted by atomic mass is 16.5. The Hall–Kier alpha value is -9.18. The van der Waals surface area contributed by atoms with Gasteiger partial charge in [0.05, 0.1) is 22.2 Å². The van der Waals surface area contributed by atoms with Gasteiger partial charge in [0.25, 0.3) is 0 Å². The van der Waals surface area contributed by atoms with Gasteiger partial charge in [-0.05, 0) is 104 Å². The van der Waals surface area contributed by atoms with Crippen LogP contribution in [0.1, 0.15) is 44.5 Å². The molecule has 11 aromatic carbocycles. The van der Waals surface area contributed by atoms with Crippen molar-refractivity contribution in [3.8, 4) is 67.5 Å².